The third-order valence-corrected chi connectivity index (χ3v) is 5.79. The van der Waals surface area contributed by atoms with E-state index in [1.54, 1.807) is 0 Å². The van der Waals surface area contributed by atoms with Gasteiger partial charge >= 0.3 is 0 Å². The molecule has 0 aromatic heterocycles. The summed E-state index contributed by atoms with van der Waals surface area (Å²) in [7, 11) is 0. The van der Waals surface area contributed by atoms with E-state index >= 15 is 0 Å². The van der Waals surface area contributed by atoms with E-state index in [4.69, 9.17) is 0 Å². The van der Waals surface area contributed by atoms with Crippen LogP contribution in [0.5, 0.6) is 0 Å². The Morgan fingerprint density at radius 3 is 1.75 bits per heavy atom. The van der Waals surface area contributed by atoms with Crippen molar-refractivity contribution in [3.63, 3.8) is 0 Å². The first kappa shape index (κ1) is 21.6. The Balaban J connectivity index is 1.69. The molecule has 0 bridgehead atoms. The van der Waals surface area contributed by atoms with Gasteiger partial charge in [0.15, 0.2) is 0 Å². The molecule has 0 saturated carbocycles. The van der Waals surface area contributed by atoms with E-state index < -0.39 is 0 Å². The SMILES string of the molecule is Cc1cc(C)cc(/C(=C/c2ccc(Nc3c(C)cc(C)cc3C)cc2)c2ccccc2)c1. The Morgan fingerprint density at radius 2 is 1.16 bits per heavy atom. The third kappa shape index (κ3) is 5.00. The zero-order chi connectivity index (χ0) is 22.7. The fourth-order valence-electron chi connectivity index (χ4n) is 4.43. The van der Waals surface area contributed by atoms with Gasteiger partial charge in [-0.25, -0.2) is 0 Å². The molecule has 0 spiro atoms. The Bertz CT molecular complexity index is 1220. The molecule has 0 aliphatic rings. The van der Waals surface area contributed by atoms with Crippen LogP contribution in [0.1, 0.15) is 44.5 Å². The number of hydrogen-bond donors (Lipinski definition) is 1. The number of rotatable bonds is 5. The predicted molar refractivity (Wildman–Crippen MR) is 140 cm³/mol. The minimum Gasteiger partial charge on any atom is -0.355 e. The number of aryl methyl sites for hydroxylation is 5. The van der Waals surface area contributed by atoms with Gasteiger partial charge in [0.1, 0.15) is 0 Å². The molecular weight excluding hydrogens is 386 g/mol. The lowest BCUT2D eigenvalue weighted by Gasteiger charge is -2.14. The molecule has 0 heterocycles. The first-order valence-electron chi connectivity index (χ1n) is 11.2. The number of hydrogen-bond acceptors (Lipinski definition) is 1. The average molecular weight is 418 g/mol. The molecule has 0 fully saturated rings. The van der Waals surface area contributed by atoms with E-state index in [9.17, 15) is 0 Å². The van der Waals surface area contributed by atoms with Gasteiger partial charge in [0.2, 0.25) is 0 Å². The van der Waals surface area contributed by atoms with E-state index in [1.807, 2.05) is 0 Å². The van der Waals surface area contributed by atoms with Gasteiger partial charge < -0.3 is 5.32 Å². The van der Waals surface area contributed by atoms with Gasteiger partial charge in [0, 0.05) is 11.4 Å². The number of benzene rings is 4. The minimum atomic E-state index is 1.10. The second-order valence-electron chi connectivity index (χ2n) is 8.82. The molecule has 0 amide bonds. The van der Waals surface area contributed by atoms with Gasteiger partial charge in [0.05, 0.1) is 0 Å². The van der Waals surface area contributed by atoms with E-state index in [2.05, 4.69) is 131 Å². The summed E-state index contributed by atoms with van der Waals surface area (Å²) in [5, 5.41) is 3.61. The topological polar surface area (TPSA) is 12.0 Å². The van der Waals surface area contributed by atoms with E-state index in [0.29, 0.717) is 0 Å². The molecule has 0 aliphatic heterocycles. The van der Waals surface area contributed by atoms with Crippen LogP contribution in [0.3, 0.4) is 0 Å². The lowest BCUT2D eigenvalue weighted by Crippen LogP contribution is -1.97. The van der Waals surface area contributed by atoms with Crippen LogP contribution in [0.2, 0.25) is 0 Å². The Labute approximate surface area is 192 Å². The molecule has 0 saturated heterocycles. The first-order chi connectivity index (χ1) is 15.4. The van der Waals surface area contributed by atoms with Crippen LogP contribution < -0.4 is 5.32 Å². The normalized spacial score (nSPS) is 11.5. The highest BCUT2D eigenvalue weighted by Gasteiger charge is 2.08. The Kier molecular flexibility index (Phi) is 6.28. The summed E-state index contributed by atoms with van der Waals surface area (Å²) >= 11 is 0. The quantitative estimate of drug-likeness (QED) is 0.321. The van der Waals surface area contributed by atoms with Gasteiger partial charge in [-0.15, -0.1) is 0 Å². The summed E-state index contributed by atoms with van der Waals surface area (Å²) < 4.78 is 0. The van der Waals surface area contributed by atoms with Crippen molar-refractivity contribution >= 4 is 23.0 Å². The van der Waals surface area contributed by atoms with Crippen molar-refractivity contribution in [2.24, 2.45) is 0 Å². The second kappa shape index (κ2) is 9.28. The summed E-state index contributed by atoms with van der Waals surface area (Å²) in [5.74, 6) is 0. The van der Waals surface area contributed by atoms with Crippen LogP contribution in [-0.4, -0.2) is 0 Å². The minimum absolute atomic E-state index is 1.10. The zero-order valence-electron chi connectivity index (χ0n) is 19.7. The van der Waals surface area contributed by atoms with Crippen molar-refractivity contribution in [1.82, 2.24) is 0 Å². The summed E-state index contributed by atoms with van der Waals surface area (Å²) in [6.45, 7) is 10.8. The van der Waals surface area contributed by atoms with Gasteiger partial charge in [-0.05, 0) is 86.2 Å². The van der Waals surface area contributed by atoms with E-state index in [-0.39, 0.29) is 0 Å². The van der Waals surface area contributed by atoms with Gasteiger partial charge in [0.25, 0.3) is 0 Å². The molecule has 4 aromatic rings. The fraction of sp³-hybridized carbons (Fsp3) is 0.161. The molecule has 160 valence electrons. The maximum Gasteiger partial charge on any atom is 0.0443 e. The zero-order valence-corrected chi connectivity index (χ0v) is 19.7. The van der Waals surface area contributed by atoms with E-state index in [0.717, 1.165) is 5.69 Å². The molecule has 0 atom stereocenters. The van der Waals surface area contributed by atoms with Crippen molar-refractivity contribution in [3.8, 4) is 0 Å². The van der Waals surface area contributed by atoms with Gasteiger partial charge in [-0.1, -0.05) is 89.5 Å². The summed E-state index contributed by atoms with van der Waals surface area (Å²) in [4.78, 5) is 0. The molecule has 1 nitrogen and oxygen atoms in total. The van der Waals surface area contributed by atoms with Crippen LogP contribution in [0, 0.1) is 34.6 Å². The maximum absolute atomic E-state index is 3.61. The van der Waals surface area contributed by atoms with Crippen molar-refractivity contribution in [2.45, 2.75) is 34.6 Å². The fourth-order valence-corrected chi connectivity index (χ4v) is 4.43. The molecule has 4 aromatic carbocycles. The van der Waals surface area contributed by atoms with E-state index in [1.165, 1.54) is 55.8 Å². The second-order valence-corrected chi connectivity index (χ2v) is 8.82. The Hall–Kier alpha value is -3.58. The van der Waals surface area contributed by atoms with Crippen LogP contribution in [-0.2, 0) is 0 Å². The molecule has 0 unspecified atom stereocenters. The first-order valence-corrected chi connectivity index (χ1v) is 11.2. The van der Waals surface area contributed by atoms with Crippen molar-refractivity contribution in [2.75, 3.05) is 5.32 Å². The standard InChI is InChI=1S/C31H31N/c1-21-15-22(2)19-28(18-21)30(27-9-7-6-8-10-27)20-26-11-13-29(14-12-26)32-31-24(4)16-23(3)17-25(31)5/h6-20,32H,1-5H3/b30-20+. The lowest BCUT2D eigenvalue weighted by molar-refractivity contribution is 1.31. The average Bonchev–Trinajstić information content (AvgIpc) is 2.75. The summed E-state index contributed by atoms with van der Waals surface area (Å²) in [6, 6.07) is 30.5. The molecular formula is C31H31N. The summed E-state index contributed by atoms with van der Waals surface area (Å²) in [5.41, 5.74) is 13.6. The van der Waals surface area contributed by atoms with Gasteiger partial charge in [-0.2, -0.15) is 0 Å². The lowest BCUT2D eigenvalue weighted by atomic mass is 9.93. The summed E-state index contributed by atoms with van der Waals surface area (Å²) in [6.07, 6.45) is 2.29. The Morgan fingerprint density at radius 1 is 0.594 bits per heavy atom. The number of anilines is 2. The van der Waals surface area contributed by atoms with Crippen LogP contribution in [0.15, 0.2) is 84.9 Å². The predicted octanol–water partition coefficient (Wildman–Crippen LogP) is 8.56. The molecule has 1 N–H and O–H groups in total. The molecule has 0 aliphatic carbocycles. The van der Waals surface area contributed by atoms with Crippen molar-refractivity contribution in [3.05, 3.63) is 129 Å². The van der Waals surface area contributed by atoms with Crippen LogP contribution in [0.25, 0.3) is 11.6 Å². The maximum atomic E-state index is 3.61. The molecule has 32 heavy (non-hydrogen) atoms. The molecule has 0 radical (unpaired) electrons. The highest BCUT2D eigenvalue weighted by molar-refractivity contribution is 5.92. The molecule has 4 rings (SSSR count). The largest absolute Gasteiger partial charge is 0.355 e. The van der Waals surface area contributed by atoms with Crippen molar-refractivity contribution < 1.29 is 0 Å². The van der Waals surface area contributed by atoms with Gasteiger partial charge in [-0.3, -0.25) is 0 Å². The van der Waals surface area contributed by atoms with Crippen molar-refractivity contribution in [1.29, 1.82) is 0 Å². The third-order valence-electron chi connectivity index (χ3n) is 5.79. The highest BCUT2D eigenvalue weighted by atomic mass is 14.9. The van der Waals surface area contributed by atoms with Crippen LogP contribution in [0.4, 0.5) is 11.4 Å². The highest BCUT2D eigenvalue weighted by Crippen LogP contribution is 2.29. The smallest absolute Gasteiger partial charge is 0.0443 e. The molecule has 1 heteroatoms. The number of nitrogens with one attached hydrogen (secondary N) is 1. The monoisotopic (exact) mass is 417 g/mol. The van der Waals surface area contributed by atoms with Crippen LogP contribution >= 0.6 is 0 Å².